The molecule has 0 aliphatic rings. The molecule has 6 heteroatoms. The van der Waals surface area contributed by atoms with Gasteiger partial charge in [-0.25, -0.2) is 0 Å². The quantitative estimate of drug-likeness (QED) is 0.859. The van der Waals surface area contributed by atoms with Crippen molar-refractivity contribution in [3.05, 3.63) is 22.2 Å². The number of nitrogens with two attached hydrogens (primary N) is 2. The molecule has 5 nitrogen and oxygen atoms in total. The van der Waals surface area contributed by atoms with Crippen LogP contribution in [0.5, 0.6) is 11.5 Å². The fourth-order valence-corrected chi connectivity index (χ4v) is 2.10. The molecule has 1 aromatic rings. The van der Waals surface area contributed by atoms with E-state index in [0.29, 0.717) is 11.5 Å². The summed E-state index contributed by atoms with van der Waals surface area (Å²) in [6.45, 7) is 0. The van der Waals surface area contributed by atoms with Crippen LogP contribution in [-0.2, 0) is 4.79 Å². The molecule has 0 radical (unpaired) electrons. The van der Waals surface area contributed by atoms with E-state index in [1.165, 1.54) is 7.11 Å². The molecule has 1 unspecified atom stereocenters. The predicted molar refractivity (Wildman–Crippen MR) is 68.0 cm³/mol. The third-order valence-corrected chi connectivity index (χ3v) is 3.01. The van der Waals surface area contributed by atoms with Crippen molar-refractivity contribution < 1.29 is 14.3 Å². The van der Waals surface area contributed by atoms with Crippen LogP contribution in [0.25, 0.3) is 0 Å². The molecule has 0 heterocycles. The highest BCUT2D eigenvalue weighted by Crippen LogP contribution is 2.36. The first-order valence-corrected chi connectivity index (χ1v) is 5.74. The first kappa shape index (κ1) is 13.8. The third-order valence-electron chi connectivity index (χ3n) is 2.32. The summed E-state index contributed by atoms with van der Waals surface area (Å²) in [5.41, 5.74) is 11.8. The smallest absolute Gasteiger partial charge is 0.219 e. The highest BCUT2D eigenvalue weighted by atomic mass is 79.9. The monoisotopic (exact) mass is 302 g/mol. The van der Waals surface area contributed by atoms with Gasteiger partial charge >= 0.3 is 0 Å². The van der Waals surface area contributed by atoms with Crippen molar-refractivity contribution in [2.75, 3.05) is 14.2 Å². The van der Waals surface area contributed by atoms with Gasteiger partial charge in [-0.15, -0.1) is 0 Å². The minimum absolute atomic E-state index is 0.0775. The summed E-state index contributed by atoms with van der Waals surface area (Å²) in [6, 6.07) is 3.01. The van der Waals surface area contributed by atoms with Gasteiger partial charge in [0, 0.05) is 16.9 Å². The molecule has 0 aliphatic carbocycles. The number of ether oxygens (including phenoxy) is 2. The Morgan fingerprint density at radius 2 is 1.88 bits per heavy atom. The van der Waals surface area contributed by atoms with Crippen molar-refractivity contribution in [3.8, 4) is 11.5 Å². The molecular formula is C11H15BrN2O3. The Morgan fingerprint density at radius 1 is 1.35 bits per heavy atom. The van der Waals surface area contributed by atoms with E-state index in [0.717, 1.165) is 10.0 Å². The number of carbonyl (C=O) groups excluding carboxylic acids is 1. The van der Waals surface area contributed by atoms with Crippen molar-refractivity contribution in [2.45, 2.75) is 12.5 Å². The molecule has 1 atom stereocenters. The van der Waals surface area contributed by atoms with Gasteiger partial charge in [-0.05, 0) is 17.7 Å². The Balaban J connectivity index is 3.11. The van der Waals surface area contributed by atoms with E-state index < -0.39 is 11.9 Å². The van der Waals surface area contributed by atoms with Crippen LogP contribution in [0.3, 0.4) is 0 Å². The molecule has 4 N–H and O–H groups in total. The summed E-state index contributed by atoms with van der Waals surface area (Å²) in [7, 11) is 3.09. The van der Waals surface area contributed by atoms with E-state index in [-0.39, 0.29) is 6.42 Å². The van der Waals surface area contributed by atoms with Crippen LogP contribution in [0, 0.1) is 0 Å². The average Bonchev–Trinajstić information content (AvgIpc) is 2.27. The Hall–Kier alpha value is -1.27. The Morgan fingerprint density at radius 3 is 2.35 bits per heavy atom. The number of halogens is 1. The first-order valence-electron chi connectivity index (χ1n) is 4.95. The molecule has 1 rings (SSSR count). The van der Waals surface area contributed by atoms with Crippen LogP contribution in [0.1, 0.15) is 18.0 Å². The SMILES string of the molecule is COc1cc(Br)c(C(N)CC(N)=O)cc1OC. The minimum Gasteiger partial charge on any atom is -0.493 e. The summed E-state index contributed by atoms with van der Waals surface area (Å²) >= 11 is 3.37. The van der Waals surface area contributed by atoms with E-state index in [4.69, 9.17) is 20.9 Å². The number of amides is 1. The van der Waals surface area contributed by atoms with Crippen LogP contribution in [0.4, 0.5) is 0 Å². The number of hydrogen-bond acceptors (Lipinski definition) is 4. The molecule has 0 spiro atoms. The average molecular weight is 303 g/mol. The molecule has 1 amide bonds. The molecule has 94 valence electrons. The Bertz CT molecular complexity index is 423. The second-order valence-corrected chi connectivity index (χ2v) is 4.36. The molecule has 0 saturated heterocycles. The van der Waals surface area contributed by atoms with Gasteiger partial charge in [-0.3, -0.25) is 4.79 Å². The van der Waals surface area contributed by atoms with Gasteiger partial charge < -0.3 is 20.9 Å². The van der Waals surface area contributed by atoms with Gasteiger partial charge in [0.05, 0.1) is 14.2 Å². The Kier molecular flexibility index (Phi) is 4.77. The Labute approximate surface area is 108 Å². The molecular weight excluding hydrogens is 288 g/mol. The van der Waals surface area contributed by atoms with Crippen molar-refractivity contribution in [2.24, 2.45) is 11.5 Å². The zero-order valence-corrected chi connectivity index (χ0v) is 11.3. The molecule has 0 bridgehead atoms. The summed E-state index contributed by atoms with van der Waals surface area (Å²) < 4.78 is 11.1. The molecule has 1 aromatic carbocycles. The van der Waals surface area contributed by atoms with Crippen molar-refractivity contribution in [1.29, 1.82) is 0 Å². The predicted octanol–water partition coefficient (Wildman–Crippen LogP) is 1.34. The number of carbonyl (C=O) groups is 1. The van der Waals surface area contributed by atoms with Gasteiger partial charge in [0.15, 0.2) is 11.5 Å². The summed E-state index contributed by atoms with van der Waals surface area (Å²) in [6.07, 6.45) is 0.0775. The third kappa shape index (κ3) is 3.34. The maximum atomic E-state index is 10.8. The standard InChI is InChI=1S/C11H15BrN2O3/c1-16-9-3-6(8(13)5-11(14)15)7(12)4-10(9)17-2/h3-4,8H,5,13H2,1-2H3,(H2,14,15). The van der Waals surface area contributed by atoms with Crippen LogP contribution < -0.4 is 20.9 Å². The largest absolute Gasteiger partial charge is 0.493 e. The zero-order valence-electron chi connectivity index (χ0n) is 9.70. The molecule has 0 fully saturated rings. The van der Waals surface area contributed by atoms with Crippen molar-refractivity contribution in [1.82, 2.24) is 0 Å². The minimum atomic E-state index is -0.471. The van der Waals surface area contributed by atoms with Crippen LogP contribution in [0.15, 0.2) is 16.6 Å². The molecule has 17 heavy (non-hydrogen) atoms. The molecule has 0 aromatic heterocycles. The number of primary amides is 1. The summed E-state index contributed by atoms with van der Waals surface area (Å²) in [5.74, 6) is 0.708. The lowest BCUT2D eigenvalue weighted by Gasteiger charge is -2.15. The van der Waals surface area contributed by atoms with Gasteiger partial charge in [-0.2, -0.15) is 0 Å². The van der Waals surface area contributed by atoms with Crippen LogP contribution >= 0.6 is 15.9 Å². The number of rotatable bonds is 5. The second-order valence-electron chi connectivity index (χ2n) is 3.51. The zero-order chi connectivity index (χ0) is 13.0. The normalized spacial score (nSPS) is 12.0. The lowest BCUT2D eigenvalue weighted by molar-refractivity contribution is -0.118. The number of hydrogen-bond donors (Lipinski definition) is 2. The van der Waals surface area contributed by atoms with Gasteiger partial charge in [0.25, 0.3) is 0 Å². The van der Waals surface area contributed by atoms with E-state index in [1.54, 1.807) is 19.2 Å². The number of methoxy groups -OCH3 is 2. The topological polar surface area (TPSA) is 87.6 Å². The van der Waals surface area contributed by atoms with Gasteiger partial charge in [0.2, 0.25) is 5.91 Å². The maximum absolute atomic E-state index is 10.8. The second kappa shape index (κ2) is 5.88. The van der Waals surface area contributed by atoms with E-state index in [2.05, 4.69) is 15.9 Å². The number of benzene rings is 1. The van der Waals surface area contributed by atoms with Crippen LogP contribution in [-0.4, -0.2) is 20.1 Å². The van der Waals surface area contributed by atoms with E-state index in [9.17, 15) is 4.79 Å². The lowest BCUT2D eigenvalue weighted by Crippen LogP contribution is -2.21. The lowest BCUT2D eigenvalue weighted by atomic mass is 10.0. The van der Waals surface area contributed by atoms with E-state index >= 15 is 0 Å². The molecule has 0 saturated carbocycles. The summed E-state index contributed by atoms with van der Waals surface area (Å²) in [5, 5.41) is 0. The van der Waals surface area contributed by atoms with Gasteiger partial charge in [-0.1, -0.05) is 15.9 Å². The maximum Gasteiger partial charge on any atom is 0.219 e. The highest BCUT2D eigenvalue weighted by molar-refractivity contribution is 9.10. The van der Waals surface area contributed by atoms with Crippen molar-refractivity contribution >= 4 is 21.8 Å². The fraction of sp³-hybridized carbons (Fsp3) is 0.364. The highest BCUT2D eigenvalue weighted by Gasteiger charge is 2.16. The molecule has 0 aliphatic heterocycles. The van der Waals surface area contributed by atoms with Gasteiger partial charge in [0.1, 0.15) is 0 Å². The summed E-state index contributed by atoms with van der Waals surface area (Å²) in [4.78, 5) is 10.8. The van der Waals surface area contributed by atoms with Crippen LogP contribution in [0.2, 0.25) is 0 Å². The van der Waals surface area contributed by atoms with E-state index in [1.807, 2.05) is 0 Å². The van der Waals surface area contributed by atoms with Crippen molar-refractivity contribution in [3.63, 3.8) is 0 Å². The fourth-order valence-electron chi connectivity index (χ4n) is 1.48. The first-order chi connectivity index (χ1) is 7.99.